The standard InChI is InChI=1S/C14H21N3O/c1-9-3-4-10(2)17(8-9)13-6-5-11(14(16)18)7-12(13)15/h5-7,9-10H,3-4,8,15H2,1-2H3,(H2,16,18). The largest absolute Gasteiger partial charge is 0.397 e. The number of hydrogen-bond acceptors (Lipinski definition) is 3. The van der Waals surface area contributed by atoms with Crippen LogP contribution in [0.15, 0.2) is 18.2 Å². The Bertz CT molecular complexity index is 458. The highest BCUT2D eigenvalue weighted by atomic mass is 16.1. The first-order valence-electron chi connectivity index (χ1n) is 6.45. The number of rotatable bonds is 2. The molecule has 1 amide bonds. The zero-order valence-corrected chi connectivity index (χ0v) is 11.0. The fraction of sp³-hybridized carbons (Fsp3) is 0.500. The number of nitrogens with two attached hydrogens (primary N) is 2. The number of hydrogen-bond donors (Lipinski definition) is 2. The number of nitrogen functional groups attached to an aromatic ring is 1. The minimum atomic E-state index is -0.437. The topological polar surface area (TPSA) is 72.3 Å². The van der Waals surface area contributed by atoms with Crippen LogP contribution in [0.5, 0.6) is 0 Å². The van der Waals surface area contributed by atoms with Gasteiger partial charge in [0.15, 0.2) is 0 Å². The van der Waals surface area contributed by atoms with Gasteiger partial charge in [-0.05, 0) is 43.9 Å². The molecule has 2 atom stereocenters. The van der Waals surface area contributed by atoms with E-state index in [1.54, 1.807) is 12.1 Å². The summed E-state index contributed by atoms with van der Waals surface area (Å²) in [6.45, 7) is 5.49. The van der Waals surface area contributed by atoms with Crippen LogP contribution in [0.25, 0.3) is 0 Å². The Kier molecular flexibility index (Phi) is 3.45. The van der Waals surface area contributed by atoms with E-state index in [9.17, 15) is 4.79 Å². The predicted octanol–water partition coefficient (Wildman–Crippen LogP) is 1.99. The van der Waals surface area contributed by atoms with Gasteiger partial charge in [-0.3, -0.25) is 4.79 Å². The van der Waals surface area contributed by atoms with Crippen LogP contribution in [0.4, 0.5) is 11.4 Å². The number of primary amides is 1. The van der Waals surface area contributed by atoms with E-state index in [1.165, 1.54) is 12.8 Å². The summed E-state index contributed by atoms with van der Waals surface area (Å²) in [5.74, 6) is 0.240. The highest BCUT2D eigenvalue weighted by molar-refractivity contribution is 5.94. The summed E-state index contributed by atoms with van der Waals surface area (Å²) >= 11 is 0. The summed E-state index contributed by atoms with van der Waals surface area (Å²) in [4.78, 5) is 13.4. The summed E-state index contributed by atoms with van der Waals surface area (Å²) in [6, 6.07) is 5.82. The molecule has 2 unspecified atom stereocenters. The molecule has 1 aromatic rings. The predicted molar refractivity (Wildman–Crippen MR) is 74.6 cm³/mol. The number of benzene rings is 1. The monoisotopic (exact) mass is 247 g/mol. The molecule has 1 aromatic carbocycles. The van der Waals surface area contributed by atoms with Gasteiger partial charge in [-0.2, -0.15) is 0 Å². The van der Waals surface area contributed by atoms with Crippen molar-refractivity contribution in [2.45, 2.75) is 32.7 Å². The maximum absolute atomic E-state index is 11.1. The SMILES string of the molecule is CC1CCC(C)N(c2ccc(C(N)=O)cc2N)C1. The molecule has 1 aliphatic rings. The van der Waals surface area contributed by atoms with Crippen molar-refractivity contribution in [1.82, 2.24) is 0 Å². The van der Waals surface area contributed by atoms with Crippen LogP contribution in [0, 0.1) is 5.92 Å². The summed E-state index contributed by atoms with van der Waals surface area (Å²) in [7, 11) is 0. The van der Waals surface area contributed by atoms with Gasteiger partial charge in [-0.1, -0.05) is 6.92 Å². The summed E-state index contributed by atoms with van der Waals surface area (Å²) in [6.07, 6.45) is 2.44. The zero-order valence-electron chi connectivity index (χ0n) is 11.0. The lowest BCUT2D eigenvalue weighted by molar-refractivity contribution is 0.100. The Morgan fingerprint density at radius 1 is 1.33 bits per heavy atom. The molecule has 0 spiro atoms. The molecule has 2 rings (SSSR count). The molecule has 0 saturated carbocycles. The van der Waals surface area contributed by atoms with Gasteiger partial charge in [0.25, 0.3) is 0 Å². The van der Waals surface area contributed by atoms with Crippen LogP contribution in [-0.4, -0.2) is 18.5 Å². The van der Waals surface area contributed by atoms with Gasteiger partial charge in [0.2, 0.25) is 5.91 Å². The van der Waals surface area contributed by atoms with Gasteiger partial charge >= 0.3 is 0 Å². The Labute approximate surface area is 108 Å². The normalized spacial score (nSPS) is 24.0. The number of anilines is 2. The Balaban J connectivity index is 2.30. The number of carbonyl (C=O) groups excluding carboxylic acids is 1. The smallest absolute Gasteiger partial charge is 0.248 e. The molecule has 4 N–H and O–H groups in total. The van der Waals surface area contributed by atoms with Gasteiger partial charge in [0.05, 0.1) is 11.4 Å². The van der Waals surface area contributed by atoms with Crippen molar-refractivity contribution >= 4 is 17.3 Å². The van der Waals surface area contributed by atoms with Gasteiger partial charge in [0.1, 0.15) is 0 Å². The molecule has 4 heteroatoms. The third-order valence-corrected chi connectivity index (χ3v) is 3.74. The van der Waals surface area contributed by atoms with E-state index in [0.717, 1.165) is 12.2 Å². The minimum Gasteiger partial charge on any atom is -0.397 e. The highest BCUT2D eigenvalue weighted by Gasteiger charge is 2.24. The average molecular weight is 247 g/mol. The summed E-state index contributed by atoms with van der Waals surface area (Å²) in [5, 5.41) is 0. The zero-order chi connectivity index (χ0) is 13.3. The van der Waals surface area contributed by atoms with E-state index >= 15 is 0 Å². The lowest BCUT2D eigenvalue weighted by Gasteiger charge is -2.39. The third kappa shape index (κ3) is 2.42. The second-order valence-corrected chi connectivity index (χ2v) is 5.32. The molecular weight excluding hydrogens is 226 g/mol. The van der Waals surface area contributed by atoms with Crippen molar-refractivity contribution in [3.8, 4) is 0 Å². The third-order valence-electron chi connectivity index (χ3n) is 3.74. The number of nitrogens with zero attached hydrogens (tertiary/aromatic N) is 1. The maximum Gasteiger partial charge on any atom is 0.248 e. The lowest BCUT2D eigenvalue weighted by atomic mass is 9.94. The number of amides is 1. The van der Waals surface area contributed by atoms with Crippen LogP contribution >= 0.6 is 0 Å². The molecule has 1 saturated heterocycles. The van der Waals surface area contributed by atoms with Crippen LogP contribution in [-0.2, 0) is 0 Å². The van der Waals surface area contributed by atoms with Crippen LogP contribution in [0.1, 0.15) is 37.0 Å². The maximum atomic E-state index is 11.1. The average Bonchev–Trinajstić information content (AvgIpc) is 2.32. The molecule has 0 aromatic heterocycles. The van der Waals surface area contributed by atoms with Gasteiger partial charge in [-0.25, -0.2) is 0 Å². The molecule has 98 valence electrons. The van der Waals surface area contributed by atoms with E-state index in [1.807, 2.05) is 6.07 Å². The van der Waals surface area contributed by atoms with E-state index in [2.05, 4.69) is 18.7 Å². The van der Waals surface area contributed by atoms with Crippen molar-refractivity contribution in [2.75, 3.05) is 17.2 Å². The van der Waals surface area contributed by atoms with Crippen LogP contribution in [0.2, 0.25) is 0 Å². The highest BCUT2D eigenvalue weighted by Crippen LogP contribution is 2.31. The second kappa shape index (κ2) is 4.88. The molecule has 0 aliphatic carbocycles. The molecular formula is C14H21N3O. The first kappa shape index (κ1) is 12.7. The first-order valence-corrected chi connectivity index (χ1v) is 6.45. The second-order valence-electron chi connectivity index (χ2n) is 5.32. The van der Waals surface area contributed by atoms with Gasteiger partial charge in [-0.15, -0.1) is 0 Å². The fourth-order valence-electron chi connectivity index (χ4n) is 2.59. The molecule has 18 heavy (non-hydrogen) atoms. The molecule has 4 nitrogen and oxygen atoms in total. The van der Waals surface area contributed by atoms with Crippen molar-refractivity contribution in [1.29, 1.82) is 0 Å². The Hall–Kier alpha value is -1.71. The van der Waals surface area contributed by atoms with Crippen LogP contribution < -0.4 is 16.4 Å². The van der Waals surface area contributed by atoms with Crippen molar-refractivity contribution in [3.05, 3.63) is 23.8 Å². The van der Waals surface area contributed by atoms with Crippen LogP contribution in [0.3, 0.4) is 0 Å². The lowest BCUT2D eigenvalue weighted by Crippen LogP contribution is -2.41. The summed E-state index contributed by atoms with van der Waals surface area (Å²) in [5.41, 5.74) is 13.4. The van der Waals surface area contributed by atoms with E-state index in [0.29, 0.717) is 23.2 Å². The minimum absolute atomic E-state index is 0.437. The molecule has 0 radical (unpaired) electrons. The van der Waals surface area contributed by atoms with Gasteiger partial charge < -0.3 is 16.4 Å². The van der Waals surface area contributed by atoms with E-state index in [4.69, 9.17) is 11.5 Å². The summed E-state index contributed by atoms with van der Waals surface area (Å²) < 4.78 is 0. The molecule has 1 aliphatic heterocycles. The number of carbonyl (C=O) groups is 1. The first-order chi connectivity index (χ1) is 8.49. The van der Waals surface area contributed by atoms with E-state index < -0.39 is 5.91 Å². The molecule has 1 fully saturated rings. The van der Waals surface area contributed by atoms with Crippen molar-refractivity contribution < 1.29 is 4.79 Å². The Morgan fingerprint density at radius 3 is 2.67 bits per heavy atom. The Morgan fingerprint density at radius 2 is 2.06 bits per heavy atom. The van der Waals surface area contributed by atoms with Crippen molar-refractivity contribution in [2.24, 2.45) is 11.7 Å². The molecule has 1 heterocycles. The fourth-order valence-corrected chi connectivity index (χ4v) is 2.59. The van der Waals surface area contributed by atoms with E-state index in [-0.39, 0.29) is 0 Å². The quantitative estimate of drug-likeness (QED) is 0.785. The van der Waals surface area contributed by atoms with Crippen molar-refractivity contribution in [3.63, 3.8) is 0 Å². The van der Waals surface area contributed by atoms with Gasteiger partial charge in [0, 0.05) is 18.2 Å². The molecule has 0 bridgehead atoms. The number of piperidine rings is 1.